The van der Waals surface area contributed by atoms with Gasteiger partial charge in [-0.25, -0.2) is 0 Å². The molecule has 0 saturated carbocycles. The number of hydrogen-bond donors (Lipinski definition) is 3. The van der Waals surface area contributed by atoms with Crippen LogP contribution in [0.4, 0.5) is 0 Å². The van der Waals surface area contributed by atoms with Gasteiger partial charge in [-0.05, 0) is 24.3 Å². The molecule has 4 heteroatoms. The molecule has 4 nitrogen and oxygen atoms in total. The van der Waals surface area contributed by atoms with Crippen molar-refractivity contribution in [2.75, 3.05) is 0 Å². The fourth-order valence-electron chi connectivity index (χ4n) is 1.85. The molecular weight excluding hydrogens is 192 g/mol. The van der Waals surface area contributed by atoms with Crippen LogP contribution in [0.5, 0.6) is 5.75 Å². The first-order chi connectivity index (χ1) is 7.28. The molecule has 0 aliphatic rings. The largest absolute Gasteiger partial charge is 0.508 e. The highest BCUT2D eigenvalue weighted by Crippen LogP contribution is 2.28. The summed E-state index contributed by atoms with van der Waals surface area (Å²) in [5, 5.41) is 11.2. The van der Waals surface area contributed by atoms with Gasteiger partial charge in [0.1, 0.15) is 11.4 Å². The van der Waals surface area contributed by atoms with E-state index in [2.05, 4.69) is 9.97 Å². The second-order valence-electron chi connectivity index (χ2n) is 3.49. The Kier molecular flexibility index (Phi) is 1.42. The number of aldehydes is 1. The summed E-state index contributed by atoms with van der Waals surface area (Å²) in [6.07, 6.45) is 0.766. The van der Waals surface area contributed by atoms with E-state index in [0.717, 1.165) is 28.2 Å². The summed E-state index contributed by atoms with van der Waals surface area (Å²) in [5.41, 5.74) is 2.27. The van der Waals surface area contributed by atoms with Gasteiger partial charge in [-0.15, -0.1) is 0 Å². The first-order valence-electron chi connectivity index (χ1n) is 4.56. The second kappa shape index (κ2) is 2.63. The third-order valence-electron chi connectivity index (χ3n) is 2.52. The van der Waals surface area contributed by atoms with Crippen LogP contribution in [0.15, 0.2) is 24.3 Å². The molecule has 0 aliphatic heterocycles. The van der Waals surface area contributed by atoms with Crippen LogP contribution >= 0.6 is 0 Å². The standard InChI is InChI=1S/C11H8N2O2/c14-5-6-3-9-8-4-7(15)1-2-10(8)13-11(9)12-6/h1-5,12-13,15H. The van der Waals surface area contributed by atoms with E-state index in [4.69, 9.17) is 0 Å². The Morgan fingerprint density at radius 2 is 2.00 bits per heavy atom. The van der Waals surface area contributed by atoms with Crippen LogP contribution in [-0.4, -0.2) is 21.4 Å². The van der Waals surface area contributed by atoms with Crippen LogP contribution in [-0.2, 0) is 0 Å². The fraction of sp³-hybridized carbons (Fsp3) is 0. The first kappa shape index (κ1) is 8.11. The van der Waals surface area contributed by atoms with Crippen molar-refractivity contribution < 1.29 is 9.90 Å². The summed E-state index contributed by atoms with van der Waals surface area (Å²) >= 11 is 0. The Morgan fingerprint density at radius 1 is 1.13 bits per heavy atom. The van der Waals surface area contributed by atoms with Crippen molar-refractivity contribution in [3.8, 4) is 5.75 Å². The molecule has 74 valence electrons. The molecule has 0 fully saturated rings. The normalized spacial score (nSPS) is 11.2. The van der Waals surface area contributed by atoms with Crippen LogP contribution < -0.4 is 0 Å². The van der Waals surface area contributed by atoms with Crippen molar-refractivity contribution in [2.45, 2.75) is 0 Å². The third-order valence-corrected chi connectivity index (χ3v) is 2.52. The van der Waals surface area contributed by atoms with Crippen molar-refractivity contribution in [3.63, 3.8) is 0 Å². The monoisotopic (exact) mass is 200 g/mol. The summed E-state index contributed by atoms with van der Waals surface area (Å²) in [5.74, 6) is 0.220. The molecule has 1 aromatic carbocycles. The highest BCUT2D eigenvalue weighted by atomic mass is 16.3. The number of H-pyrrole nitrogens is 2. The summed E-state index contributed by atoms with van der Waals surface area (Å²) < 4.78 is 0. The van der Waals surface area contributed by atoms with Crippen LogP contribution in [0.2, 0.25) is 0 Å². The van der Waals surface area contributed by atoms with Crippen molar-refractivity contribution in [2.24, 2.45) is 0 Å². The molecule has 3 rings (SSSR count). The molecule has 0 radical (unpaired) electrons. The molecule has 0 spiro atoms. The van der Waals surface area contributed by atoms with Gasteiger partial charge in [0.05, 0.1) is 5.69 Å². The number of fused-ring (bicyclic) bond motifs is 3. The zero-order valence-electron chi connectivity index (χ0n) is 7.74. The second-order valence-corrected chi connectivity index (χ2v) is 3.49. The van der Waals surface area contributed by atoms with Gasteiger partial charge in [-0.3, -0.25) is 4.79 Å². The van der Waals surface area contributed by atoms with Gasteiger partial charge in [0.2, 0.25) is 0 Å². The lowest BCUT2D eigenvalue weighted by molar-refractivity contribution is 0.112. The molecule has 15 heavy (non-hydrogen) atoms. The molecule has 0 unspecified atom stereocenters. The molecule has 0 bridgehead atoms. The van der Waals surface area contributed by atoms with E-state index in [-0.39, 0.29) is 5.75 Å². The minimum absolute atomic E-state index is 0.220. The van der Waals surface area contributed by atoms with Crippen LogP contribution in [0.25, 0.3) is 21.9 Å². The van der Waals surface area contributed by atoms with E-state index in [9.17, 15) is 9.90 Å². The van der Waals surface area contributed by atoms with Gasteiger partial charge in [0.25, 0.3) is 0 Å². The van der Waals surface area contributed by atoms with Gasteiger partial charge in [-0.2, -0.15) is 0 Å². The topological polar surface area (TPSA) is 68.9 Å². The van der Waals surface area contributed by atoms with Gasteiger partial charge in [-0.1, -0.05) is 0 Å². The van der Waals surface area contributed by atoms with Crippen molar-refractivity contribution in [1.29, 1.82) is 0 Å². The van der Waals surface area contributed by atoms with E-state index in [1.807, 2.05) is 0 Å². The van der Waals surface area contributed by atoms with E-state index in [1.54, 1.807) is 24.3 Å². The minimum Gasteiger partial charge on any atom is -0.508 e. The van der Waals surface area contributed by atoms with Crippen molar-refractivity contribution in [1.82, 2.24) is 9.97 Å². The predicted octanol–water partition coefficient (Wildman–Crippen LogP) is 2.17. The van der Waals surface area contributed by atoms with E-state index >= 15 is 0 Å². The van der Waals surface area contributed by atoms with E-state index in [0.29, 0.717) is 5.69 Å². The number of carbonyl (C=O) groups is 1. The molecule has 0 amide bonds. The number of aromatic hydroxyl groups is 1. The number of nitrogens with one attached hydrogen (secondary N) is 2. The van der Waals surface area contributed by atoms with Crippen molar-refractivity contribution in [3.05, 3.63) is 30.0 Å². The Labute approximate surface area is 84.5 Å². The molecule has 3 aromatic rings. The molecule has 0 saturated heterocycles. The highest BCUT2D eigenvalue weighted by molar-refractivity contribution is 6.08. The summed E-state index contributed by atoms with van der Waals surface area (Å²) in [6.45, 7) is 0. The Balaban J connectivity index is 2.47. The SMILES string of the molecule is O=Cc1cc2c([nH]1)[nH]c1ccc(O)cc12. The van der Waals surface area contributed by atoms with E-state index in [1.165, 1.54) is 0 Å². The first-order valence-corrected chi connectivity index (χ1v) is 4.56. The number of aromatic amines is 2. The van der Waals surface area contributed by atoms with Gasteiger partial charge >= 0.3 is 0 Å². The third kappa shape index (κ3) is 1.05. The zero-order valence-corrected chi connectivity index (χ0v) is 7.74. The maximum absolute atomic E-state index is 10.6. The number of rotatable bonds is 1. The lowest BCUT2D eigenvalue weighted by atomic mass is 10.2. The molecule has 0 aliphatic carbocycles. The summed E-state index contributed by atoms with van der Waals surface area (Å²) in [6, 6.07) is 6.87. The maximum Gasteiger partial charge on any atom is 0.166 e. The fourth-order valence-corrected chi connectivity index (χ4v) is 1.85. The van der Waals surface area contributed by atoms with Crippen LogP contribution in [0.3, 0.4) is 0 Å². The van der Waals surface area contributed by atoms with E-state index < -0.39 is 0 Å². The van der Waals surface area contributed by atoms with Crippen molar-refractivity contribution >= 4 is 28.2 Å². The van der Waals surface area contributed by atoms with Crippen LogP contribution in [0.1, 0.15) is 10.5 Å². The molecule has 0 atom stereocenters. The Bertz CT molecular complexity index is 664. The maximum atomic E-state index is 10.6. The predicted molar refractivity (Wildman–Crippen MR) is 57.2 cm³/mol. The Morgan fingerprint density at radius 3 is 2.80 bits per heavy atom. The molecule has 2 aromatic heterocycles. The average molecular weight is 200 g/mol. The molecule has 3 N–H and O–H groups in total. The van der Waals surface area contributed by atoms with Gasteiger partial charge < -0.3 is 15.1 Å². The Hall–Kier alpha value is -2.23. The minimum atomic E-state index is 0.220. The smallest absolute Gasteiger partial charge is 0.166 e. The lowest BCUT2D eigenvalue weighted by Gasteiger charge is -1.91. The van der Waals surface area contributed by atoms with Gasteiger partial charge in [0, 0.05) is 16.3 Å². The number of phenolic OH excluding ortho intramolecular Hbond substituents is 1. The summed E-state index contributed by atoms with van der Waals surface area (Å²) in [7, 11) is 0. The quantitative estimate of drug-likeness (QED) is 0.527. The molecular formula is C11H8N2O2. The highest BCUT2D eigenvalue weighted by Gasteiger charge is 2.07. The number of benzene rings is 1. The number of carbonyl (C=O) groups excluding carboxylic acids is 1. The zero-order chi connectivity index (χ0) is 10.4. The van der Waals surface area contributed by atoms with Gasteiger partial charge in [0.15, 0.2) is 6.29 Å². The number of aromatic nitrogens is 2. The van der Waals surface area contributed by atoms with Crippen LogP contribution in [0, 0.1) is 0 Å². The average Bonchev–Trinajstić information content (AvgIpc) is 2.75. The number of hydrogen-bond acceptors (Lipinski definition) is 2. The number of phenols is 1. The molecule has 2 heterocycles. The lowest BCUT2D eigenvalue weighted by Crippen LogP contribution is -1.76. The summed E-state index contributed by atoms with van der Waals surface area (Å²) in [4.78, 5) is 16.7.